The molecule has 0 amide bonds. The summed E-state index contributed by atoms with van der Waals surface area (Å²) in [5.74, 6) is 1.25. The van der Waals surface area contributed by atoms with Crippen LogP contribution in [0.1, 0.15) is 29.1 Å². The fraction of sp³-hybridized carbons (Fsp3) is 0.227. The van der Waals surface area contributed by atoms with Crippen LogP contribution in [0.25, 0.3) is 12.2 Å². The number of nitrogens with zero attached hydrogens (tertiary/aromatic N) is 1. The molecule has 7 heteroatoms. The minimum absolute atomic E-state index is 0.146. The third-order valence-electron chi connectivity index (χ3n) is 4.02. The van der Waals surface area contributed by atoms with Crippen LogP contribution in [-0.4, -0.2) is 26.3 Å². The average molecular weight is 413 g/mol. The van der Waals surface area contributed by atoms with E-state index in [0.717, 1.165) is 23.1 Å². The van der Waals surface area contributed by atoms with E-state index in [1.54, 1.807) is 6.26 Å². The largest absolute Gasteiger partial charge is 0.487 e. The number of hydrogen-bond donors (Lipinski definition) is 0. The van der Waals surface area contributed by atoms with Crippen LogP contribution in [-0.2, 0) is 27.3 Å². The van der Waals surface area contributed by atoms with Gasteiger partial charge in [-0.1, -0.05) is 48.5 Å². The van der Waals surface area contributed by atoms with Crippen molar-refractivity contribution in [3.63, 3.8) is 0 Å². The Morgan fingerprint density at radius 1 is 1.03 bits per heavy atom. The smallest absolute Gasteiger partial charge is 0.264 e. The lowest BCUT2D eigenvalue weighted by molar-refractivity contribution is 0.293. The molecule has 0 atom stereocenters. The fourth-order valence-corrected chi connectivity index (χ4v) is 3.09. The van der Waals surface area contributed by atoms with E-state index in [0.29, 0.717) is 24.4 Å². The second-order valence-corrected chi connectivity index (χ2v) is 8.09. The summed E-state index contributed by atoms with van der Waals surface area (Å²) in [6.07, 6.45) is 7.60. The summed E-state index contributed by atoms with van der Waals surface area (Å²) < 4.78 is 38.2. The first-order valence-electron chi connectivity index (χ1n) is 9.22. The number of oxazole rings is 1. The van der Waals surface area contributed by atoms with Crippen molar-refractivity contribution in [2.24, 2.45) is 0 Å². The molecule has 3 rings (SSSR count). The molecule has 0 saturated carbocycles. The lowest BCUT2D eigenvalue weighted by Crippen LogP contribution is -2.05. The predicted molar refractivity (Wildman–Crippen MR) is 112 cm³/mol. The first-order chi connectivity index (χ1) is 14.0. The highest BCUT2D eigenvalue weighted by molar-refractivity contribution is 7.85. The van der Waals surface area contributed by atoms with E-state index >= 15 is 0 Å². The molecule has 6 nitrogen and oxygen atoms in total. The Morgan fingerprint density at radius 2 is 1.79 bits per heavy atom. The van der Waals surface area contributed by atoms with Crippen molar-refractivity contribution in [1.82, 2.24) is 4.98 Å². The van der Waals surface area contributed by atoms with Gasteiger partial charge in [0.15, 0.2) is 0 Å². The van der Waals surface area contributed by atoms with E-state index in [1.807, 2.05) is 66.7 Å². The van der Waals surface area contributed by atoms with E-state index in [9.17, 15) is 8.42 Å². The maximum absolute atomic E-state index is 11.0. The Kier molecular flexibility index (Phi) is 7.21. The molecule has 0 radical (unpaired) electrons. The standard InChI is InChI=1S/C22H23NO5S/c1-29(24,25)28-15-7-11-19-10-5-6-12-21(19)26-16-20-17-27-22(23-20)14-13-18-8-3-2-4-9-18/h2-6,8-10,12-14,17H,7,11,15-16H2,1H3/b14-13+. The van der Waals surface area contributed by atoms with Crippen molar-refractivity contribution in [3.05, 3.63) is 83.6 Å². The highest BCUT2D eigenvalue weighted by Gasteiger charge is 2.07. The second kappa shape index (κ2) is 10.0. The maximum atomic E-state index is 11.0. The molecule has 0 spiro atoms. The first-order valence-corrected chi connectivity index (χ1v) is 11.0. The Morgan fingerprint density at radius 3 is 2.59 bits per heavy atom. The van der Waals surface area contributed by atoms with Crippen LogP contribution in [0.4, 0.5) is 0 Å². The van der Waals surface area contributed by atoms with Crippen LogP contribution in [0, 0.1) is 0 Å². The lowest BCUT2D eigenvalue weighted by Gasteiger charge is -2.10. The van der Waals surface area contributed by atoms with Crippen molar-refractivity contribution < 1.29 is 21.8 Å². The van der Waals surface area contributed by atoms with Gasteiger partial charge in [-0.25, -0.2) is 4.98 Å². The molecule has 0 N–H and O–H groups in total. The van der Waals surface area contributed by atoms with E-state index in [4.69, 9.17) is 13.3 Å². The fourth-order valence-electron chi connectivity index (χ4n) is 2.67. The van der Waals surface area contributed by atoms with Crippen LogP contribution in [0.15, 0.2) is 65.3 Å². The second-order valence-electron chi connectivity index (χ2n) is 6.45. The van der Waals surface area contributed by atoms with Crippen molar-refractivity contribution in [2.45, 2.75) is 19.4 Å². The van der Waals surface area contributed by atoms with Crippen molar-refractivity contribution in [2.75, 3.05) is 12.9 Å². The Labute approximate surface area is 170 Å². The molecule has 0 bridgehead atoms. The molecule has 0 aliphatic carbocycles. The van der Waals surface area contributed by atoms with Crippen LogP contribution < -0.4 is 4.74 Å². The van der Waals surface area contributed by atoms with E-state index < -0.39 is 10.1 Å². The third kappa shape index (κ3) is 7.21. The van der Waals surface area contributed by atoms with Gasteiger partial charge >= 0.3 is 0 Å². The molecule has 2 aromatic carbocycles. The van der Waals surface area contributed by atoms with Gasteiger partial charge < -0.3 is 9.15 Å². The van der Waals surface area contributed by atoms with Crippen LogP contribution in [0.2, 0.25) is 0 Å². The predicted octanol–water partition coefficient (Wildman–Crippen LogP) is 4.33. The highest BCUT2D eigenvalue weighted by Crippen LogP contribution is 2.21. The number of aryl methyl sites for hydroxylation is 1. The molecule has 1 aromatic heterocycles. The maximum Gasteiger partial charge on any atom is 0.264 e. The summed E-state index contributed by atoms with van der Waals surface area (Å²) in [4.78, 5) is 4.41. The zero-order valence-corrected chi connectivity index (χ0v) is 17.0. The van der Waals surface area contributed by atoms with E-state index in [1.165, 1.54) is 0 Å². The molecule has 0 unspecified atom stereocenters. The normalized spacial score (nSPS) is 11.8. The van der Waals surface area contributed by atoms with Gasteiger partial charge in [-0.05, 0) is 36.1 Å². The Hall–Kier alpha value is -2.90. The molecule has 3 aromatic rings. The summed E-state index contributed by atoms with van der Waals surface area (Å²) in [7, 11) is -3.41. The average Bonchev–Trinajstić information content (AvgIpc) is 3.17. The van der Waals surface area contributed by atoms with Crippen molar-refractivity contribution in [3.8, 4) is 5.75 Å². The van der Waals surface area contributed by atoms with Gasteiger partial charge in [0.25, 0.3) is 10.1 Å². The number of para-hydroxylation sites is 1. The van der Waals surface area contributed by atoms with Gasteiger partial charge in [0.1, 0.15) is 24.3 Å². The van der Waals surface area contributed by atoms with Crippen molar-refractivity contribution in [1.29, 1.82) is 0 Å². The molecular formula is C22H23NO5S. The monoisotopic (exact) mass is 413 g/mol. The molecule has 29 heavy (non-hydrogen) atoms. The topological polar surface area (TPSA) is 78.6 Å². The van der Waals surface area contributed by atoms with Crippen LogP contribution in [0.3, 0.4) is 0 Å². The van der Waals surface area contributed by atoms with Gasteiger partial charge in [0.2, 0.25) is 5.89 Å². The van der Waals surface area contributed by atoms with Gasteiger partial charge in [0, 0.05) is 6.08 Å². The molecule has 0 saturated heterocycles. The van der Waals surface area contributed by atoms with Crippen LogP contribution >= 0.6 is 0 Å². The number of ether oxygens (including phenoxy) is 1. The number of benzene rings is 2. The number of aromatic nitrogens is 1. The summed E-state index contributed by atoms with van der Waals surface area (Å²) in [6.45, 7) is 0.424. The first kappa shape index (κ1) is 20.8. The number of rotatable bonds is 10. The molecule has 152 valence electrons. The van der Waals surface area contributed by atoms with Gasteiger partial charge in [0.05, 0.1) is 12.9 Å². The molecule has 0 aliphatic heterocycles. The highest BCUT2D eigenvalue weighted by atomic mass is 32.2. The van der Waals surface area contributed by atoms with Crippen molar-refractivity contribution >= 4 is 22.3 Å². The summed E-state index contributed by atoms with van der Waals surface area (Å²) in [6, 6.07) is 17.6. The van der Waals surface area contributed by atoms with Gasteiger partial charge in [-0.3, -0.25) is 4.18 Å². The summed E-state index contributed by atoms with van der Waals surface area (Å²) in [5, 5.41) is 0. The third-order valence-corrected chi connectivity index (χ3v) is 4.62. The summed E-state index contributed by atoms with van der Waals surface area (Å²) in [5.41, 5.74) is 2.74. The quantitative estimate of drug-likeness (QED) is 0.364. The number of hydrogen-bond acceptors (Lipinski definition) is 6. The zero-order valence-electron chi connectivity index (χ0n) is 16.2. The van der Waals surface area contributed by atoms with Gasteiger partial charge in [-0.15, -0.1) is 0 Å². The van der Waals surface area contributed by atoms with Gasteiger partial charge in [-0.2, -0.15) is 8.42 Å². The van der Waals surface area contributed by atoms with E-state index in [-0.39, 0.29) is 13.2 Å². The van der Waals surface area contributed by atoms with E-state index in [2.05, 4.69) is 4.98 Å². The Bertz CT molecular complexity index is 1040. The minimum atomic E-state index is -3.41. The van der Waals surface area contributed by atoms with Crippen LogP contribution in [0.5, 0.6) is 5.75 Å². The molecule has 1 heterocycles. The Balaban J connectivity index is 1.54. The minimum Gasteiger partial charge on any atom is -0.487 e. The lowest BCUT2D eigenvalue weighted by atomic mass is 10.1. The zero-order chi connectivity index (χ0) is 20.5. The molecule has 0 aliphatic rings. The summed E-state index contributed by atoms with van der Waals surface area (Å²) >= 11 is 0. The molecular weight excluding hydrogens is 390 g/mol. The molecule has 0 fully saturated rings. The SMILES string of the molecule is CS(=O)(=O)OCCCc1ccccc1OCc1coc(/C=C/c2ccccc2)n1.